The van der Waals surface area contributed by atoms with Gasteiger partial charge in [0.2, 0.25) is 0 Å². The van der Waals surface area contributed by atoms with Gasteiger partial charge in [-0.3, -0.25) is 4.79 Å². The zero-order chi connectivity index (χ0) is 15.0. The van der Waals surface area contributed by atoms with Gasteiger partial charge in [0, 0.05) is 27.2 Å². The molecule has 0 aromatic rings. The molecule has 0 radical (unpaired) electrons. The van der Waals surface area contributed by atoms with Crippen molar-refractivity contribution in [2.24, 2.45) is 5.41 Å². The summed E-state index contributed by atoms with van der Waals surface area (Å²) in [6.45, 7) is 1.16. The standard InChI is InChI=1S/C14H26N2O4/c1-16(9-10-20-2)13(19)15-11-14(12(17)18)7-5-3-4-6-8-14/h3-11H2,1-2H3,(H,15,19)(H,17,18). The smallest absolute Gasteiger partial charge is 0.317 e. The van der Waals surface area contributed by atoms with E-state index in [4.69, 9.17) is 4.74 Å². The van der Waals surface area contributed by atoms with Crippen LogP contribution in [0.5, 0.6) is 0 Å². The maximum Gasteiger partial charge on any atom is 0.317 e. The van der Waals surface area contributed by atoms with Gasteiger partial charge in [-0.15, -0.1) is 0 Å². The predicted molar refractivity (Wildman–Crippen MR) is 75.7 cm³/mol. The molecule has 0 aromatic carbocycles. The van der Waals surface area contributed by atoms with E-state index >= 15 is 0 Å². The number of aliphatic carboxylic acids is 1. The van der Waals surface area contributed by atoms with Crippen molar-refractivity contribution in [3.63, 3.8) is 0 Å². The first-order chi connectivity index (χ1) is 9.52. The fraction of sp³-hybridized carbons (Fsp3) is 0.857. The summed E-state index contributed by atoms with van der Waals surface area (Å²) < 4.78 is 4.92. The molecule has 0 saturated heterocycles. The first kappa shape index (κ1) is 16.8. The molecule has 0 unspecified atom stereocenters. The van der Waals surface area contributed by atoms with Crippen LogP contribution in [0.25, 0.3) is 0 Å². The van der Waals surface area contributed by atoms with Gasteiger partial charge in [0.1, 0.15) is 0 Å². The van der Waals surface area contributed by atoms with Crippen molar-refractivity contribution in [2.45, 2.75) is 38.5 Å². The Kier molecular flexibility index (Phi) is 6.78. The van der Waals surface area contributed by atoms with Crippen molar-refractivity contribution >= 4 is 12.0 Å². The third kappa shape index (κ3) is 4.67. The number of carbonyl (C=O) groups excluding carboxylic acids is 1. The van der Waals surface area contributed by atoms with Crippen molar-refractivity contribution in [3.05, 3.63) is 0 Å². The number of methoxy groups -OCH3 is 1. The molecular formula is C14H26N2O4. The summed E-state index contributed by atoms with van der Waals surface area (Å²) in [5.74, 6) is -0.792. The van der Waals surface area contributed by atoms with Crippen molar-refractivity contribution in [1.29, 1.82) is 0 Å². The van der Waals surface area contributed by atoms with Gasteiger partial charge in [0.05, 0.1) is 12.0 Å². The maximum atomic E-state index is 11.9. The summed E-state index contributed by atoms with van der Waals surface area (Å²) in [6.07, 6.45) is 5.28. The normalized spacial score (nSPS) is 18.1. The van der Waals surface area contributed by atoms with E-state index in [0.29, 0.717) is 26.0 Å². The molecular weight excluding hydrogens is 260 g/mol. The Morgan fingerprint density at radius 2 is 1.85 bits per heavy atom. The minimum Gasteiger partial charge on any atom is -0.481 e. The molecule has 1 fully saturated rings. The molecule has 0 aromatic heterocycles. The number of carbonyl (C=O) groups is 2. The van der Waals surface area contributed by atoms with E-state index in [1.54, 1.807) is 14.2 Å². The number of urea groups is 1. The van der Waals surface area contributed by atoms with Gasteiger partial charge in [-0.2, -0.15) is 0 Å². The number of hydrogen-bond donors (Lipinski definition) is 2. The molecule has 116 valence electrons. The van der Waals surface area contributed by atoms with Crippen LogP contribution in [0.15, 0.2) is 0 Å². The van der Waals surface area contributed by atoms with Gasteiger partial charge in [-0.1, -0.05) is 25.7 Å². The summed E-state index contributed by atoms with van der Waals surface area (Å²) >= 11 is 0. The van der Waals surface area contributed by atoms with Crippen LogP contribution in [0.3, 0.4) is 0 Å². The van der Waals surface area contributed by atoms with Crippen LogP contribution >= 0.6 is 0 Å². The van der Waals surface area contributed by atoms with Crippen LogP contribution in [0.1, 0.15) is 38.5 Å². The predicted octanol–water partition coefficient (Wildman–Crippen LogP) is 1.70. The highest BCUT2D eigenvalue weighted by atomic mass is 16.5. The van der Waals surface area contributed by atoms with E-state index in [1.165, 1.54) is 4.90 Å². The van der Waals surface area contributed by atoms with Crippen LogP contribution in [-0.4, -0.2) is 55.9 Å². The molecule has 0 heterocycles. The van der Waals surface area contributed by atoms with Gasteiger partial charge in [0.25, 0.3) is 0 Å². The number of carboxylic acids is 1. The largest absolute Gasteiger partial charge is 0.481 e. The average molecular weight is 286 g/mol. The molecule has 0 atom stereocenters. The van der Waals surface area contributed by atoms with Crippen molar-refractivity contribution < 1.29 is 19.4 Å². The molecule has 0 bridgehead atoms. The van der Waals surface area contributed by atoms with Gasteiger partial charge < -0.3 is 20.1 Å². The average Bonchev–Trinajstić information content (AvgIpc) is 2.68. The van der Waals surface area contributed by atoms with Crippen LogP contribution in [0.4, 0.5) is 4.79 Å². The molecule has 1 aliphatic carbocycles. The number of nitrogens with one attached hydrogen (secondary N) is 1. The highest BCUT2D eigenvalue weighted by Crippen LogP contribution is 2.34. The van der Waals surface area contributed by atoms with Gasteiger partial charge >= 0.3 is 12.0 Å². The molecule has 2 N–H and O–H groups in total. The molecule has 1 rings (SSSR count). The lowest BCUT2D eigenvalue weighted by Crippen LogP contribution is -2.47. The zero-order valence-corrected chi connectivity index (χ0v) is 12.5. The summed E-state index contributed by atoms with van der Waals surface area (Å²) in [5.41, 5.74) is -0.797. The maximum absolute atomic E-state index is 11.9. The quantitative estimate of drug-likeness (QED) is 0.728. The Labute approximate surface area is 120 Å². The second-order valence-corrected chi connectivity index (χ2v) is 5.57. The summed E-state index contributed by atoms with van der Waals surface area (Å²) in [7, 11) is 3.26. The second kappa shape index (κ2) is 8.09. The summed E-state index contributed by atoms with van der Waals surface area (Å²) in [4.78, 5) is 25.0. The molecule has 0 aliphatic heterocycles. The van der Waals surface area contributed by atoms with E-state index in [9.17, 15) is 14.7 Å². The van der Waals surface area contributed by atoms with Gasteiger partial charge in [-0.05, 0) is 12.8 Å². The highest BCUT2D eigenvalue weighted by molar-refractivity contribution is 5.78. The molecule has 0 spiro atoms. The number of amides is 2. The van der Waals surface area contributed by atoms with E-state index in [0.717, 1.165) is 25.7 Å². The Bertz CT molecular complexity index is 325. The van der Waals surface area contributed by atoms with Crippen molar-refractivity contribution in [2.75, 3.05) is 33.9 Å². The summed E-state index contributed by atoms with van der Waals surface area (Å²) in [5, 5.41) is 12.3. The number of likely N-dealkylation sites (N-methyl/N-ethyl adjacent to an activating group) is 1. The van der Waals surface area contributed by atoms with E-state index in [1.807, 2.05) is 0 Å². The third-order valence-corrected chi connectivity index (χ3v) is 4.07. The number of carboxylic acid groups (broad SMARTS) is 1. The molecule has 20 heavy (non-hydrogen) atoms. The Balaban J connectivity index is 2.54. The van der Waals surface area contributed by atoms with Gasteiger partial charge in [0.15, 0.2) is 0 Å². The van der Waals surface area contributed by atoms with Crippen LogP contribution in [0.2, 0.25) is 0 Å². The van der Waals surface area contributed by atoms with E-state index < -0.39 is 11.4 Å². The lowest BCUT2D eigenvalue weighted by Gasteiger charge is -2.29. The molecule has 1 saturated carbocycles. The fourth-order valence-electron chi connectivity index (χ4n) is 2.58. The van der Waals surface area contributed by atoms with Crippen LogP contribution in [0, 0.1) is 5.41 Å². The van der Waals surface area contributed by atoms with Crippen molar-refractivity contribution in [1.82, 2.24) is 10.2 Å². The first-order valence-electron chi connectivity index (χ1n) is 7.23. The molecule has 6 heteroatoms. The fourth-order valence-corrected chi connectivity index (χ4v) is 2.58. The Hall–Kier alpha value is -1.30. The van der Waals surface area contributed by atoms with Crippen molar-refractivity contribution in [3.8, 4) is 0 Å². The monoisotopic (exact) mass is 286 g/mol. The Morgan fingerprint density at radius 3 is 2.35 bits per heavy atom. The number of ether oxygens (including phenoxy) is 1. The lowest BCUT2D eigenvalue weighted by molar-refractivity contribution is -0.149. The minimum atomic E-state index is -0.797. The Morgan fingerprint density at radius 1 is 1.25 bits per heavy atom. The molecule has 2 amide bonds. The molecule has 6 nitrogen and oxygen atoms in total. The number of nitrogens with zero attached hydrogens (tertiary/aromatic N) is 1. The van der Waals surface area contributed by atoms with Crippen LogP contribution in [-0.2, 0) is 9.53 Å². The zero-order valence-electron chi connectivity index (χ0n) is 12.5. The SMILES string of the molecule is COCCN(C)C(=O)NCC1(C(=O)O)CCCCCC1. The molecule has 1 aliphatic rings. The first-order valence-corrected chi connectivity index (χ1v) is 7.23. The number of hydrogen-bond acceptors (Lipinski definition) is 3. The third-order valence-electron chi connectivity index (χ3n) is 4.07. The topological polar surface area (TPSA) is 78.9 Å². The lowest BCUT2D eigenvalue weighted by atomic mass is 9.80. The minimum absolute atomic E-state index is 0.207. The van der Waals surface area contributed by atoms with E-state index in [2.05, 4.69) is 5.32 Å². The van der Waals surface area contributed by atoms with Gasteiger partial charge in [-0.25, -0.2) is 4.79 Å². The van der Waals surface area contributed by atoms with Crippen LogP contribution < -0.4 is 5.32 Å². The second-order valence-electron chi connectivity index (χ2n) is 5.57. The highest BCUT2D eigenvalue weighted by Gasteiger charge is 2.39. The summed E-state index contributed by atoms with van der Waals surface area (Å²) in [6, 6.07) is -0.244. The van der Waals surface area contributed by atoms with E-state index in [-0.39, 0.29) is 12.6 Å². The number of rotatable bonds is 6.